The number of carbonyl (C=O) groups excluding carboxylic acids is 1. The number of nitrogens with one attached hydrogen (secondary N) is 1. The van der Waals surface area contributed by atoms with Crippen LogP contribution in [0, 0.1) is 0 Å². The maximum atomic E-state index is 12.6. The predicted molar refractivity (Wildman–Crippen MR) is 98.8 cm³/mol. The second-order valence-corrected chi connectivity index (χ2v) is 8.71. The Balaban J connectivity index is 2.21. The summed E-state index contributed by atoms with van der Waals surface area (Å²) in [7, 11) is -1.98. The zero-order valence-electron chi connectivity index (χ0n) is 15.0. The van der Waals surface area contributed by atoms with Crippen LogP contribution in [-0.4, -0.2) is 31.8 Å². The van der Waals surface area contributed by atoms with Crippen LogP contribution in [-0.2, 0) is 16.6 Å². The fourth-order valence-corrected chi connectivity index (χ4v) is 3.87. The molecule has 0 aromatic heterocycles. The largest absolute Gasteiger partial charge is 0.337 e. The van der Waals surface area contributed by atoms with Gasteiger partial charge in [-0.3, -0.25) is 4.79 Å². The minimum absolute atomic E-state index is 0.0846. The van der Waals surface area contributed by atoms with Gasteiger partial charge in [-0.2, -0.15) is 0 Å². The summed E-state index contributed by atoms with van der Waals surface area (Å²) in [5, 5.41) is 0. The first kappa shape index (κ1) is 19.1. The molecule has 0 aliphatic heterocycles. The molecule has 0 heterocycles. The third-order valence-corrected chi connectivity index (χ3v) is 5.20. The molecule has 25 heavy (non-hydrogen) atoms. The lowest BCUT2D eigenvalue weighted by Crippen LogP contribution is -2.40. The van der Waals surface area contributed by atoms with Crippen LogP contribution in [0.15, 0.2) is 59.5 Å². The third kappa shape index (κ3) is 5.41. The van der Waals surface area contributed by atoms with Gasteiger partial charge >= 0.3 is 0 Å². The highest BCUT2D eigenvalue weighted by Crippen LogP contribution is 2.16. The van der Waals surface area contributed by atoms with Gasteiger partial charge in [0, 0.05) is 24.7 Å². The Morgan fingerprint density at radius 3 is 2.28 bits per heavy atom. The second-order valence-electron chi connectivity index (χ2n) is 7.03. The molecule has 0 aliphatic rings. The number of nitrogens with zero attached hydrogens (tertiary/aromatic N) is 1. The molecule has 6 heteroatoms. The molecule has 0 bridgehead atoms. The topological polar surface area (TPSA) is 66.5 Å². The van der Waals surface area contributed by atoms with Gasteiger partial charge in [-0.1, -0.05) is 36.4 Å². The van der Waals surface area contributed by atoms with Crippen LogP contribution < -0.4 is 4.72 Å². The van der Waals surface area contributed by atoms with E-state index in [9.17, 15) is 13.2 Å². The lowest BCUT2D eigenvalue weighted by atomic mass is 10.1. The predicted octanol–water partition coefficient (Wildman–Crippen LogP) is 3.04. The molecule has 0 unspecified atom stereocenters. The van der Waals surface area contributed by atoms with Crippen LogP contribution >= 0.6 is 0 Å². The number of rotatable bonds is 5. The summed E-state index contributed by atoms with van der Waals surface area (Å²) in [6.07, 6.45) is 0. The molecule has 134 valence electrons. The molecule has 0 saturated carbocycles. The zero-order chi connectivity index (χ0) is 18.7. The Bertz CT molecular complexity index is 840. The lowest BCUT2D eigenvalue weighted by Gasteiger charge is -2.21. The van der Waals surface area contributed by atoms with Crippen molar-refractivity contribution in [2.24, 2.45) is 0 Å². The first-order valence-corrected chi connectivity index (χ1v) is 9.50. The summed E-state index contributed by atoms with van der Waals surface area (Å²) in [6, 6.07) is 15.7. The van der Waals surface area contributed by atoms with Gasteiger partial charge in [0.1, 0.15) is 0 Å². The standard InChI is InChI=1S/C19H24N2O3S/c1-19(2,3)20-25(23,24)17-12-8-11-16(13-17)18(22)21(4)14-15-9-6-5-7-10-15/h5-13,20H,14H2,1-4H3. The Kier molecular flexibility index (Phi) is 5.65. The van der Waals surface area contributed by atoms with Gasteiger partial charge in [-0.05, 0) is 44.5 Å². The maximum Gasteiger partial charge on any atom is 0.253 e. The molecule has 2 aromatic carbocycles. The van der Waals surface area contributed by atoms with Crippen molar-refractivity contribution in [3.8, 4) is 0 Å². The van der Waals surface area contributed by atoms with Crippen LogP contribution in [0.25, 0.3) is 0 Å². The molecule has 2 rings (SSSR count). The van der Waals surface area contributed by atoms with Crippen molar-refractivity contribution >= 4 is 15.9 Å². The number of benzene rings is 2. The molecule has 0 spiro atoms. The summed E-state index contributed by atoms with van der Waals surface area (Å²) in [4.78, 5) is 14.3. The van der Waals surface area contributed by atoms with Crippen LogP contribution in [0.4, 0.5) is 0 Å². The van der Waals surface area contributed by atoms with E-state index >= 15 is 0 Å². The molecule has 5 nitrogen and oxygen atoms in total. The Hall–Kier alpha value is -2.18. The van der Waals surface area contributed by atoms with E-state index in [4.69, 9.17) is 0 Å². The van der Waals surface area contributed by atoms with E-state index in [0.29, 0.717) is 12.1 Å². The van der Waals surface area contributed by atoms with Crippen molar-refractivity contribution in [1.82, 2.24) is 9.62 Å². The number of sulfonamides is 1. The van der Waals surface area contributed by atoms with Crippen molar-refractivity contribution < 1.29 is 13.2 Å². The van der Waals surface area contributed by atoms with E-state index in [-0.39, 0.29) is 10.8 Å². The number of carbonyl (C=O) groups is 1. The second kappa shape index (κ2) is 7.37. The minimum Gasteiger partial charge on any atom is -0.337 e. The monoisotopic (exact) mass is 360 g/mol. The van der Waals surface area contributed by atoms with Gasteiger partial charge in [0.25, 0.3) is 5.91 Å². The molecular formula is C19H24N2O3S. The van der Waals surface area contributed by atoms with Gasteiger partial charge in [0.15, 0.2) is 0 Å². The summed E-state index contributed by atoms with van der Waals surface area (Å²) in [6.45, 7) is 5.77. The average Bonchev–Trinajstić information content (AvgIpc) is 2.53. The highest BCUT2D eigenvalue weighted by molar-refractivity contribution is 7.89. The van der Waals surface area contributed by atoms with Gasteiger partial charge in [-0.15, -0.1) is 0 Å². The number of hydrogen-bond donors (Lipinski definition) is 1. The first-order chi connectivity index (χ1) is 11.6. The summed E-state index contributed by atoms with van der Waals surface area (Å²) >= 11 is 0. The summed E-state index contributed by atoms with van der Waals surface area (Å²) in [5.41, 5.74) is 0.759. The van der Waals surface area contributed by atoms with E-state index in [1.807, 2.05) is 30.3 Å². The molecule has 0 atom stereocenters. The Morgan fingerprint density at radius 1 is 1.04 bits per heavy atom. The van der Waals surface area contributed by atoms with Crippen LogP contribution in [0.5, 0.6) is 0 Å². The molecule has 0 fully saturated rings. The van der Waals surface area contributed by atoms with Gasteiger partial charge in [0.05, 0.1) is 4.90 Å². The summed E-state index contributed by atoms with van der Waals surface area (Å²) in [5.74, 6) is -0.225. The molecule has 0 saturated heterocycles. The van der Waals surface area contributed by atoms with Gasteiger partial charge in [0.2, 0.25) is 10.0 Å². The van der Waals surface area contributed by atoms with E-state index in [1.165, 1.54) is 12.1 Å². The molecule has 1 amide bonds. The summed E-state index contributed by atoms with van der Waals surface area (Å²) < 4.78 is 27.5. The zero-order valence-corrected chi connectivity index (χ0v) is 15.8. The minimum atomic E-state index is -3.68. The number of amides is 1. The maximum absolute atomic E-state index is 12.6. The third-order valence-electron chi connectivity index (χ3n) is 3.44. The van der Waals surface area contributed by atoms with E-state index < -0.39 is 15.6 Å². The highest BCUT2D eigenvalue weighted by atomic mass is 32.2. The lowest BCUT2D eigenvalue weighted by molar-refractivity contribution is 0.0785. The van der Waals surface area contributed by atoms with Crippen LogP contribution in [0.2, 0.25) is 0 Å². The normalized spacial score (nSPS) is 12.0. The van der Waals surface area contributed by atoms with E-state index in [2.05, 4.69) is 4.72 Å². The SMILES string of the molecule is CN(Cc1ccccc1)C(=O)c1cccc(S(=O)(=O)NC(C)(C)C)c1. The van der Waals surface area contributed by atoms with Crippen molar-refractivity contribution in [3.63, 3.8) is 0 Å². The fourth-order valence-electron chi connectivity index (χ4n) is 2.41. The smallest absolute Gasteiger partial charge is 0.253 e. The van der Waals surface area contributed by atoms with Crippen molar-refractivity contribution in [2.45, 2.75) is 37.8 Å². The van der Waals surface area contributed by atoms with Gasteiger partial charge < -0.3 is 4.90 Å². The van der Waals surface area contributed by atoms with Crippen molar-refractivity contribution in [2.75, 3.05) is 7.05 Å². The molecular weight excluding hydrogens is 336 g/mol. The van der Waals surface area contributed by atoms with E-state index in [0.717, 1.165) is 5.56 Å². The first-order valence-electron chi connectivity index (χ1n) is 8.02. The Labute approximate surface area is 149 Å². The van der Waals surface area contributed by atoms with Crippen LogP contribution in [0.3, 0.4) is 0 Å². The Morgan fingerprint density at radius 2 is 1.68 bits per heavy atom. The van der Waals surface area contributed by atoms with Gasteiger partial charge in [-0.25, -0.2) is 13.1 Å². The average molecular weight is 360 g/mol. The molecule has 1 N–H and O–H groups in total. The quantitative estimate of drug-likeness (QED) is 0.891. The highest BCUT2D eigenvalue weighted by Gasteiger charge is 2.23. The van der Waals surface area contributed by atoms with E-state index in [1.54, 1.807) is 44.9 Å². The molecule has 2 aromatic rings. The van der Waals surface area contributed by atoms with Crippen LogP contribution in [0.1, 0.15) is 36.7 Å². The molecule has 0 aliphatic carbocycles. The molecule has 0 radical (unpaired) electrons. The van der Waals surface area contributed by atoms with Crippen molar-refractivity contribution in [1.29, 1.82) is 0 Å². The van der Waals surface area contributed by atoms with Crippen molar-refractivity contribution in [3.05, 3.63) is 65.7 Å². The number of hydrogen-bond acceptors (Lipinski definition) is 3. The fraction of sp³-hybridized carbons (Fsp3) is 0.316.